The van der Waals surface area contributed by atoms with E-state index in [1.165, 1.54) is 35.3 Å². The van der Waals surface area contributed by atoms with Gasteiger partial charge in [0.05, 0.1) is 24.6 Å². The Morgan fingerprint density at radius 3 is 2.81 bits per heavy atom. The number of hydrogen-bond donors (Lipinski definition) is 5. The van der Waals surface area contributed by atoms with Crippen LogP contribution < -0.4 is 17.0 Å². The van der Waals surface area contributed by atoms with Gasteiger partial charge in [0, 0.05) is 5.75 Å². The summed E-state index contributed by atoms with van der Waals surface area (Å²) in [5, 5.41) is 21.0. The van der Waals surface area contributed by atoms with Crippen molar-refractivity contribution in [3.63, 3.8) is 0 Å². The van der Waals surface area contributed by atoms with Gasteiger partial charge in [0.15, 0.2) is 28.9 Å². The number of thioether (sulfide) groups is 1. The Morgan fingerprint density at radius 2 is 1.97 bits per heavy atom. The molecule has 5 rings (SSSR count). The topological polar surface area (TPSA) is 203 Å². The first-order chi connectivity index (χ1) is 14.9. The molecule has 0 amide bonds. The number of nitrogens with one attached hydrogen (secondary N) is 2. The summed E-state index contributed by atoms with van der Waals surface area (Å²) in [5.74, 6) is 0.837. The lowest BCUT2D eigenvalue weighted by Gasteiger charge is -2.16. The van der Waals surface area contributed by atoms with Gasteiger partial charge in [0.2, 0.25) is 0 Å². The van der Waals surface area contributed by atoms with E-state index in [0.29, 0.717) is 22.8 Å². The van der Waals surface area contributed by atoms with E-state index < -0.39 is 35.8 Å². The third kappa shape index (κ3) is 3.27. The van der Waals surface area contributed by atoms with E-state index in [4.69, 9.17) is 10.5 Å². The zero-order valence-electron chi connectivity index (χ0n) is 15.7. The Balaban J connectivity index is 1.30. The van der Waals surface area contributed by atoms with Crippen LogP contribution in [0.4, 0.5) is 5.82 Å². The molecule has 31 heavy (non-hydrogen) atoms. The summed E-state index contributed by atoms with van der Waals surface area (Å²) in [7, 11) is 0. The minimum Gasteiger partial charge on any atom is -0.387 e. The van der Waals surface area contributed by atoms with Gasteiger partial charge in [-0.3, -0.25) is 19.3 Å². The normalized spacial score (nSPS) is 23.8. The highest BCUT2D eigenvalue weighted by Gasteiger charge is 2.44. The van der Waals surface area contributed by atoms with Gasteiger partial charge in [0.25, 0.3) is 5.56 Å². The van der Waals surface area contributed by atoms with Crippen LogP contribution in [0.1, 0.15) is 6.23 Å². The second-order valence-electron chi connectivity index (χ2n) is 6.95. The standard InChI is InChI=1S/C16H17N9O5S/c17-11-7-13(19-2-18-11)25(4-20-7)15-10(27)9(26)6(30-15)1-31-5-24-3-21-12-8(24)14(28)23-16(29)22-12/h2-4,6,9-10,15,26-27H,1,5H2,(H2,17,18,19)(H2,22,23,28,29). The molecule has 15 heteroatoms. The Kier molecular flexibility index (Phi) is 4.73. The highest BCUT2D eigenvalue weighted by Crippen LogP contribution is 2.33. The molecule has 1 aliphatic rings. The number of H-pyrrole nitrogens is 2. The number of fused-ring (bicyclic) bond motifs is 2. The second-order valence-corrected chi connectivity index (χ2v) is 7.95. The molecule has 0 bridgehead atoms. The van der Waals surface area contributed by atoms with Gasteiger partial charge in [-0.1, -0.05) is 0 Å². The van der Waals surface area contributed by atoms with E-state index in [9.17, 15) is 19.8 Å². The van der Waals surface area contributed by atoms with E-state index >= 15 is 0 Å². The largest absolute Gasteiger partial charge is 0.387 e. The summed E-state index contributed by atoms with van der Waals surface area (Å²) in [6, 6.07) is 0. The number of nitrogens with two attached hydrogens (primary N) is 1. The Morgan fingerprint density at radius 1 is 1.13 bits per heavy atom. The number of nitrogen functional groups attached to an aromatic ring is 1. The molecule has 1 aliphatic heterocycles. The van der Waals surface area contributed by atoms with Crippen LogP contribution in [0.2, 0.25) is 0 Å². The van der Waals surface area contributed by atoms with Gasteiger partial charge in [-0.05, 0) is 0 Å². The number of aromatic nitrogens is 8. The first kappa shape index (κ1) is 19.7. The van der Waals surface area contributed by atoms with E-state index in [0.717, 1.165) is 0 Å². The number of nitrogens with zero attached hydrogens (tertiary/aromatic N) is 6. The average molecular weight is 447 g/mol. The molecule has 6 N–H and O–H groups in total. The summed E-state index contributed by atoms with van der Waals surface area (Å²) in [6.45, 7) is 0. The molecular weight excluding hydrogens is 430 g/mol. The maximum atomic E-state index is 12.0. The summed E-state index contributed by atoms with van der Waals surface area (Å²) in [6.07, 6.45) is 0.210. The summed E-state index contributed by atoms with van der Waals surface area (Å²) >= 11 is 1.36. The quantitative estimate of drug-likeness (QED) is 0.230. The summed E-state index contributed by atoms with van der Waals surface area (Å²) in [4.78, 5) is 44.2. The van der Waals surface area contributed by atoms with E-state index in [1.807, 2.05) is 0 Å². The van der Waals surface area contributed by atoms with Crippen LogP contribution in [0, 0.1) is 0 Å². The third-order valence-electron chi connectivity index (χ3n) is 5.02. The Labute approximate surface area is 176 Å². The molecule has 0 spiro atoms. The molecule has 4 atom stereocenters. The molecule has 0 saturated carbocycles. The lowest BCUT2D eigenvalue weighted by atomic mass is 10.1. The van der Waals surface area contributed by atoms with Gasteiger partial charge in [-0.25, -0.2) is 24.7 Å². The molecule has 0 radical (unpaired) electrons. The van der Waals surface area contributed by atoms with Crippen molar-refractivity contribution >= 4 is 39.9 Å². The van der Waals surface area contributed by atoms with Crippen LogP contribution >= 0.6 is 11.8 Å². The SMILES string of the molecule is Nc1ncnc2c1ncn2C1OC(CSCn2cnc3[nH]c(=O)[nH]c(=O)c32)C(O)C1O. The highest BCUT2D eigenvalue weighted by molar-refractivity contribution is 7.98. The number of ether oxygens (including phenoxy) is 1. The Hall–Kier alpha value is -3.27. The lowest BCUT2D eigenvalue weighted by Crippen LogP contribution is -2.32. The first-order valence-corrected chi connectivity index (χ1v) is 10.3. The van der Waals surface area contributed by atoms with E-state index in [-0.39, 0.29) is 17.0 Å². The monoisotopic (exact) mass is 447 g/mol. The van der Waals surface area contributed by atoms with Gasteiger partial charge in [0.1, 0.15) is 24.1 Å². The van der Waals surface area contributed by atoms with Gasteiger partial charge < -0.3 is 25.3 Å². The number of aliphatic hydroxyl groups is 2. The van der Waals surface area contributed by atoms with Crippen LogP contribution in [0.3, 0.4) is 0 Å². The summed E-state index contributed by atoms with van der Waals surface area (Å²) < 4.78 is 8.97. The fraction of sp³-hybridized carbons (Fsp3) is 0.375. The number of hydrogen-bond acceptors (Lipinski definition) is 11. The number of aliphatic hydroxyl groups excluding tert-OH is 2. The molecule has 1 saturated heterocycles. The molecule has 0 aromatic carbocycles. The van der Waals surface area contributed by atoms with Gasteiger partial charge in [-0.2, -0.15) is 0 Å². The summed E-state index contributed by atoms with van der Waals surface area (Å²) in [5.41, 5.74) is 5.81. The van der Waals surface area contributed by atoms with Crippen molar-refractivity contribution < 1.29 is 14.9 Å². The molecule has 5 heterocycles. The highest BCUT2D eigenvalue weighted by atomic mass is 32.2. The molecule has 4 unspecified atom stereocenters. The number of imidazole rings is 2. The van der Waals surface area contributed by atoms with Crippen molar-refractivity contribution in [2.45, 2.75) is 30.4 Å². The van der Waals surface area contributed by atoms with Crippen molar-refractivity contribution in [1.82, 2.24) is 39.0 Å². The zero-order chi connectivity index (χ0) is 21.7. The molecule has 1 fully saturated rings. The predicted octanol–water partition coefficient (Wildman–Crippen LogP) is -1.86. The smallest absolute Gasteiger partial charge is 0.327 e. The van der Waals surface area contributed by atoms with E-state index in [2.05, 4.69) is 29.9 Å². The molecule has 4 aromatic heterocycles. The third-order valence-corrected chi connectivity index (χ3v) is 6.05. The van der Waals surface area contributed by atoms with Crippen LogP contribution in [0.5, 0.6) is 0 Å². The molecule has 14 nitrogen and oxygen atoms in total. The van der Waals surface area contributed by atoms with Crippen LogP contribution in [-0.2, 0) is 10.6 Å². The zero-order valence-corrected chi connectivity index (χ0v) is 16.6. The maximum Gasteiger partial charge on any atom is 0.327 e. The number of anilines is 1. The molecular formula is C16H17N9O5S. The fourth-order valence-corrected chi connectivity index (χ4v) is 4.54. The second kappa shape index (κ2) is 7.45. The van der Waals surface area contributed by atoms with Crippen molar-refractivity contribution in [1.29, 1.82) is 0 Å². The van der Waals surface area contributed by atoms with Crippen LogP contribution in [0.25, 0.3) is 22.3 Å². The number of aromatic amines is 2. The molecule has 4 aromatic rings. The van der Waals surface area contributed by atoms with Gasteiger partial charge in [-0.15, -0.1) is 11.8 Å². The van der Waals surface area contributed by atoms with Crippen molar-refractivity contribution in [2.75, 3.05) is 11.5 Å². The van der Waals surface area contributed by atoms with Crippen molar-refractivity contribution in [2.24, 2.45) is 0 Å². The first-order valence-electron chi connectivity index (χ1n) is 9.14. The minimum atomic E-state index is -1.21. The van der Waals surface area contributed by atoms with Crippen molar-refractivity contribution in [3.05, 3.63) is 39.8 Å². The van der Waals surface area contributed by atoms with Crippen molar-refractivity contribution in [3.8, 4) is 0 Å². The Bertz CT molecular complexity index is 1380. The van der Waals surface area contributed by atoms with Gasteiger partial charge >= 0.3 is 5.69 Å². The fourth-order valence-electron chi connectivity index (χ4n) is 3.53. The number of rotatable bonds is 5. The van der Waals surface area contributed by atoms with Crippen LogP contribution in [-0.4, -0.2) is 73.3 Å². The molecule has 0 aliphatic carbocycles. The minimum absolute atomic E-state index is 0.190. The molecule has 162 valence electrons. The predicted molar refractivity (Wildman–Crippen MR) is 109 cm³/mol. The van der Waals surface area contributed by atoms with E-state index in [1.54, 1.807) is 4.57 Å². The lowest BCUT2D eigenvalue weighted by molar-refractivity contribution is -0.0289. The van der Waals surface area contributed by atoms with Crippen LogP contribution in [0.15, 0.2) is 28.6 Å². The average Bonchev–Trinajstić information content (AvgIpc) is 3.41. The maximum absolute atomic E-state index is 12.0.